The van der Waals surface area contributed by atoms with Crippen molar-refractivity contribution in [2.75, 3.05) is 18.5 Å². The molecule has 5 heteroatoms. The number of aliphatic hydroxyl groups is 1. The highest BCUT2D eigenvalue weighted by Crippen LogP contribution is 2.06. The Labute approximate surface area is 81.4 Å². The maximum Gasteiger partial charge on any atom is 0.243 e. The molecule has 0 amide bonds. The second-order valence-electron chi connectivity index (χ2n) is 3.10. The van der Waals surface area contributed by atoms with E-state index in [1.54, 1.807) is 4.52 Å². The van der Waals surface area contributed by atoms with Crippen molar-refractivity contribution in [1.29, 1.82) is 0 Å². The van der Waals surface area contributed by atoms with Crippen LogP contribution in [0.3, 0.4) is 0 Å². The molecular weight excluding hydrogens is 180 g/mol. The molecule has 2 aromatic heterocycles. The maximum atomic E-state index is 8.62. The highest BCUT2D eigenvalue weighted by atomic mass is 16.3. The average molecular weight is 192 g/mol. The molecule has 2 N–H and O–H groups in total. The first-order chi connectivity index (χ1) is 6.79. The van der Waals surface area contributed by atoms with Crippen LogP contribution < -0.4 is 5.32 Å². The molecule has 0 saturated carbocycles. The van der Waals surface area contributed by atoms with Crippen molar-refractivity contribution in [3.05, 3.63) is 23.9 Å². The Hall–Kier alpha value is -1.62. The summed E-state index contributed by atoms with van der Waals surface area (Å²) in [5.74, 6) is 0.546. The van der Waals surface area contributed by atoms with E-state index in [4.69, 9.17) is 5.11 Å². The van der Waals surface area contributed by atoms with E-state index < -0.39 is 0 Å². The number of fused-ring (bicyclic) bond motifs is 1. The minimum absolute atomic E-state index is 0.0780. The Balaban J connectivity index is 2.32. The van der Waals surface area contributed by atoms with Crippen molar-refractivity contribution < 1.29 is 5.11 Å². The lowest BCUT2D eigenvalue weighted by Gasteiger charge is -1.94. The number of nitrogens with one attached hydrogen (secondary N) is 1. The van der Waals surface area contributed by atoms with Crippen LogP contribution in [0.5, 0.6) is 0 Å². The van der Waals surface area contributed by atoms with Crippen LogP contribution in [0.15, 0.2) is 18.3 Å². The number of pyridine rings is 1. The van der Waals surface area contributed by atoms with Gasteiger partial charge >= 0.3 is 0 Å². The molecule has 2 rings (SSSR count). The molecular formula is C9H12N4O. The highest BCUT2D eigenvalue weighted by Gasteiger charge is 2.01. The van der Waals surface area contributed by atoms with Crippen LogP contribution in [0.1, 0.15) is 5.56 Å². The number of anilines is 1. The zero-order valence-electron chi connectivity index (χ0n) is 7.94. The van der Waals surface area contributed by atoms with Gasteiger partial charge in [-0.05, 0) is 18.6 Å². The minimum Gasteiger partial charge on any atom is -0.395 e. The smallest absolute Gasteiger partial charge is 0.243 e. The molecule has 0 radical (unpaired) electrons. The molecule has 0 unspecified atom stereocenters. The van der Waals surface area contributed by atoms with Gasteiger partial charge < -0.3 is 10.4 Å². The monoisotopic (exact) mass is 192 g/mol. The summed E-state index contributed by atoms with van der Waals surface area (Å²) in [6.45, 7) is 2.55. The van der Waals surface area contributed by atoms with Crippen molar-refractivity contribution in [1.82, 2.24) is 14.6 Å². The summed E-state index contributed by atoms with van der Waals surface area (Å²) < 4.78 is 1.72. The molecule has 74 valence electrons. The van der Waals surface area contributed by atoms with E-state index in [2.05, 4.69) is 15.4 Å². The van der Waals surface area contributed by atoms with Gasteiger partial charge in [0.25, 0.3) is 0 Å². The Morgan fingerprint density at radius 1 is 1.50 bits per heavy atom. The molecule has 14 heavy (non-hydrogen) atoms. The molecule has 0 aromatic carbocycles. The van der Waals surface area contributed by atoms with Gasteiger partial charge in [-0.2, -0.15) is 4.98 Å². The lowest BCUT2D eigenvalue weighted by molar-refractivity contribution is 0.311. The molecule has 2 aromatic rings. The van der Waals surface area contributed by atoms with E-state index in [1.165, 1.54) is 0 Å². The van der Waals surface area contributed by atoms with Crippen molar-refractivity contribution in [2.24, 2.45) is 0 Å². The summed E-state index contributed by atoms with van der Waals surface area (Å²) >= 11 is 0. The van der Waals surface area contributed by atoms with Crippen LogP contribution in [0.25, 0.3) is 5.65 Å². The van der Waals surface area contributed by atoms with Crippen LogP contribution in [0, 0.1) is 6.92 Å². The lowest BCUT2D eigenvalue weighted by atomic mass is 10.3. The van der Waals surface area contributed by atoms with Gasteiger partial charge in [0.2, 0.25) is 5.95 Å². The number of hydrogen-bond acceptors (Lipinski definition) is 4. The maximum absolute atomic E-state index is 8.62. The highest BCUT2D eigenvalue weighted by molar-refractivity contribution is 5.43. The van der Waals surface area contributed by atoms with Gasteiger partial charge in [-0.15, -0.1) is 5.10 Å². The Morgan fingerprint density at radius 3 is 3.14 bits per heavy atom. The summed E-state index contributed by atoms with van der Waals surface area (Å²) in [5, 5.41) is 15.7. The molecule has 2 heterocycles. The van der Waals surface area contributed by atoms with E-state index >= 15 is 0 Å². The minimum atomic E-state index is 0.0780. The normalized spacial score (nSPS) is 10.7. The Bertz CT molecular complexity index is 437. The number of aliphatic hydroxyl groups excluding tert-OH is 1. The Morgan fingerprint density at radius 2 is 2.36 bits per heavy atom. The van der Waals surface area contributed by atoms with E-state index in [-0.39, 0.29) is 6.61 Å². The first-order valence-corrected chi connectivity index (χ1v) is 4.47. The standard InChI is InChI=1S/C9H12N4O/c1-7-2-3-8-11-9(10-4-5-14)12-13(8)6-7/h2-3,6,14H,4-5H2,1H3,(H,10,12). The summed E-state index contributed by atoms with van der Waals surface area (Å²) in [5.41, 5.74) is 1.94. The SMILES string of the molecule is Cc1ccc2nc(NCCO)nn2c1. The largest absolute Gasteiger partial charge is 0.395 e. The second kappa shape index (κ2) is 3.63. The topological polar surface area (TPSA) is 62.5 Å². The zero-order chi connectivity index (χ0) is 9.97. The van der Waals surface area contributed by atoms with E-state index in [0.29, 0.717) is 12.5 Å². The van der Waals surface area contributed by atoms with Crippen molar-refractivity contribution in [2.45, 2.75) is 6.92 Å². The molecule has 0 aliphatic rings. The molecule has 0 bridgehead atoms. The van der Waals surface area contributed by atoms with Gasteiger partial charge in [0.1, 0.15) is 0 Å². The van der Waals surface area contributed by atoms with Crippen LogP contribution in [-0.4, -0.2) is 32.9 Å². The van der Waals surface area contributed by atoms with E-state index in [0.717, 1.165) is 11.2 Å². The van der Waals surface area contributed by atoms with Gasteiger partial charge in [0, 0.05) is 12.7 Å². The molecule has 0 atom stereocenters. The third kappa shape index (κ3) is 1.67. The molecule has 0 fully saturated rings. The first-order valence-electron chi connectivity index (χ1n) is 4.47. The van der Waals surface area contributed by atoms with Crippen LogP contribution >= 0.6 is 0 Å². The lowest BCUT2D eigenvalue weighted by Crippen LogP contribution is -2.06. The third-order valence-electron chi connectivity index (χ3n) is 1.87. The number of nitrogens with zero attached hydrogens (tertiary/aromatic N) is 3. The summed E-state index contributed by atoms with van der Waals surface area (Å²) in [4.78, 5) is 4.22. The van der Waals surface area contributed by atoms with Gasteiger partial charge in [0.05, 0.1) is 6.61 Å². The van der Waals surface area contributed by atoms with Gasteiger partial charge in [-0.1, -0.05) is 6.07 Å². The van der Waals surface area contributed by atoms with Gasteiger partial charge in [-0.3, -0.25) is 0 Å². The van der Waals surface area contributed by atoms with Crippen molar-refractivity contribution >= 4 is 11.6 Å². The molecule has 0 aliphatic carbocycles. The van der Waals surface area contributed by atoms with Gasteiger partial charge in [0.15, 0.2) is 5.65 Å². The van der Waals surface area contributed by atoms with Crippen molar-refractivity contribution in [3.8, 4) is 0 Å². The fraction of sp³-hybridized carbons (Fsp3) is 0.333. The summed E-state index contributed by atoms with van der Waals surface area (Å²) in [6, 6.07) is 3.90. The third-order valence-corrected chi connectivity index (χ3v) is 1.87. The second-order valence-corrected chi connectivity index (χ2v) is 3.10. The molecule has 0 aliphatic heterocycles. The fourth-order valence-corrected chi connectivity index (χ4v) is 1.23. The molecule has 0 spiro atoms. The predicted octanol–water partition coefficient (Wildman–Crippen LogP) is 0.442. The number of aryl methyl sites for hydroxylation is 1. The number of aromatic nitrogens is 3. The summed E-state index contributed by atoms with van der Waals surface area (Å²) in [7, 11) is 0. The first kappa shape index (κ1) is 8.96. The average Bonchev–Trinajstić information content (AvgIpc) is 2.56. The van der Waals surface area contributed by atoms with Crippen LogP contribution in [0.2, 0.25) is 0 Å². The molecule has 5 nitrogen and oxygen atoms in total. The number of rotatable bonds is 3. The van der Waals surface area contributed by atoms with E-state index in [1.807, 2.05) is 25.3 Å². The van der Waals surface area contributed by atoms with Crippen LogP contribution in [-0.2, 0) is 0 Å². The molecule has 0 saturated heterocycles. The van der Waals surface area contributed by atoms with E-state index in [9.17, 15) is 0 Å². The quantitative estimate of drug-likeness (QED) is 0.740. The van der Waals surface area contributed by atoms with Gasteiger partial charge in [-0.25, -0.2) is 4.52 Å². The summed E-state index contributed by atoms with van der Waals surface area (Å²) in [6.07, 6.45) is 1.91. The zero-order valence-corrected chi connectivity index (χ0v) is 7.94. The fourth-order valence-electron chi connectivity index (χ4n) is 1.23. The van der Waals surface area contributed by atoms with Crippen molar-refractivity contribution in [3.63, 3.8) is 0 Å². The van der Waals surface area contributed by atoms with Crippen LogP contribution in [0.4, 0.5) is 5.95 Å². The number of hydrogen-bond donors (Lipinski definition) is 2. The predicted molar refractivity (Wildman–Crippen MR) is 53.3 cm³/mol. The Kier molecular flexibility index (Phi) is 2.32.